The molecule has 0 saturated carbocycles. The summed E-state index contributed by atoms with van der Waals surface area (Å²) < 4.78 is 27.2. The Morgan fingerprint density at radius 2 is 1.78 bits per heavy atom. The fourth-order valence-corrected chi connectivity index (χ4v) is 3.49. The van der Waals surface area contributed by atoms with Crippen LogP contribution < -0.4 is 4.52 Å². The van der Waals surface area contributed by atoms with Gasteiger partial charge in [0, 0.05) is 18.1 Å². The maximum atomic E-state index is 11.1. The Bertz CT molecular complexity index is 444. The van der Waals surface area contributed by atoms with Crippen molar-refractivity contribution < 1.29 is 17.8 Å². The summed E-state index contributed by atoms with van der Waals surface area (Å²) in [4.78, 5) is 7.81. The van der Waals surface area contributed by atoms with E-state index in [1.165, 1.54) is 18.6 Å². The molecule has 0 aliphatic carbocycles. The van der Waals surface area contributed by atoms with Crippen LogP contribution in [0.25, 0.3) is 0 Å². The summed E-state index contributed by atoms with van der Waals surface area (Å²) in [7, 11) is -1.22. The van der Waals surface area contributed by atoms with Gasteiger partial charge < -0.3 is 4.52 Å². The van der Waals surface area contributed by atoms with E-state index in [0.717, 1.165) is 0 Å². The zero-order valence-corrected chi connectivity index (χ0v) is 12.9. The van der Waals surface area contributed by atoms with Crippen LogP contribution in [0, 0.1) is 0 Å². The van der Waals surface area contributed by atoms with Crippen molar-refractivity contribution in [1.82, 2.24) is 9.97 Å². The first-order valence-electron chi connectivity index (χ1n) is 5.25. The Morgan fingerprint density at radius 1 is 1.28 bits per heavy atom. The topological polar surface area (TPSA) is 70.5 Å². The molecule has 1 unspecified atom stereocenters. The van der Waals surface area contributed by atoms with Crippen molar-refractivity contribution in [3.05, 3.63) is 12.4 Å². The van der Waals surface area contributed by atoms with E-state index < -0.39 is 17.5 Å². The molecule has 0 amide bonds. The molecule has 1 aromatic rings. The van der Waals surface area contributed by atoms with Crippen LogP contribution >= 0.6 is 6.72 Å². The van der Waals surface area contributed by atoms with Gasteiger partial charge in [-0.05, 0) is 13.8 Å². The molecule has 0 radical (unpaired) electrons. The van der Waals surface area contributed by atoms with E-state index in [9.17, 15) is 4.21 Å². The third kappa shape index (κ3) is 4.70. The molecule has 102 valence electrons. The van der Waals surface area contributed by atoms with Gasteiger partial charge in [0.05, 0.1) is 36.4 Å². The molecule has 1 rings (SSSR count). The van der Waals surface area contributed by atoms with E-state index in [0.29, 0.717) is 19.0 Å². The highest BCUT2D eigenvalue weighted by Crippen LogP contribution is 2.49. The number of hydrogen-bond acceptors (Lipinski definition) is 7. The Hall–Kier alpha value is -0.400. The van der Waals surface area contributed by atoms with E-state index in [2.05, 4.69) is 9.97 Å². The van der Waals surface area contributed by atoms with Crippen LogP contribution in [0.3, 0.4) is 0 Å². The minimum Gasteiger partial charge on any atom is -0.421 e. The molecule has 1 atom stereocenters. The first-order chi connectivity index (χ1) is 8.50. The van der Waals surface area contributed by atoms with Gasteiger partial charge in [0.25, 0.3) is 0 Å². The summed E-state index contributed by atoms with van der Waals surface area (Å²) in [6.45, 7) is 1.61. The normalized spacial score (nSPS) is 13.3. The van der Waals surface area contributed by atoms with E-state index in [1.54, 1.807) is 0 Å². The lowest BCUT2D eigenvalue weighted by atomic mass is 10.6. The maximum Gasteiger partial charge on any atom is 0.380 e. The number of nitrogens with zero attached hydrogens (tertiary/aromatic N) is 2. The largest absolute Gasteiger partial charge is 0.421 e. The van der Waals surface area contributed by atoms with Crippen molar-refractivity contribution in [2.45, 2.75) is 19.0 Å². The van der Waals surface area contributed by atoms with Crippen molar-refractivity contribution in [2.75, 3.05) is 19.5 Å². The highest BCUT2D eigenvalue weighted by atomic mass is 32.5. The minimum absolute atomic E-state index is 0.239. The summed E-state index contributed by atoms with van der Waals surface area (Å²) >= 11 is 5.20. The van der Waals surface area contributed by atoms with E-state index in [1.807, 2.05) is 13.8 Å². The number of hydrogen-bond donors (Lipinski definition) is 0. The second-order valence-electron chi connectivity index (χ2n) is 3.03. The second-order valence-corrected chi connectivity index (χ2v) is 7.24. The first kappa shape index (κ1) is 15.7. The van der Waals surface area contributed by atoms with Gasteiger partial charge in [-0.15, -0.1) is 0 Å². The van der Waals surface area contributed by atoms with Crippen LogP contribution in [-0.2, 0) is 31.7 Å². The lowest BCUT2D eigenvalue weighted by molar-refractivity contribution is 0.217. The zero-order chi connectivity index (χ0) is 13.6. The van der Waals surface area contributed by atoms with Gasteiger partial charge >= 0.3 is 6.72 Å². The Labute approximate surface area is 114 Å². The second kappa shape index (κ2) is 7.25. The average molecular weight is 310 g/mol. The molecular formula is C9H15N2O4PS2. The fourth-order valence-electron chi connectivity index (χ4n) is 1.04. The average Bonchev–Trinajstić information content (AvgIpc) is 2.30. The van der Waals surface area contributed by atoms with Crippen LogP contribution in [0.5, 0.6) is 5.75 Å². The number of aromatic nitrogens is 2. The van der Waals surface area contributed by atoms with Gasteiger partial charge in [0.15, 0.2) is 5.75 Å². The quantitative estimate of drug-likeness (QED) is 0.562. The summed E-state index contributed by atoms with van der Waals surface area (Å²) in [6.07, 6.45) is 4.31. The monoisotopic (exact) mass is 310 g/mol. The third-order valence-electron chi connectivity index (χ3n) is 1.65. The van der Waals surface area contributed by atoms with E-state index >= 15 is 0 Å². The Kier molecular flexibility index (Phi) is 6.31. The highest BCUT2D eigenvalue weighted by Gasteiger charge is 2.21. The molecule has 0 aliphatic heterocycles. The summed E-state index contributed by atoms with van der Waals surface area (Å²) in [5.74, 6) is 0.342. The molecule has 0 aromatic carbocycles. The third-order valence-corrected chi connectivity index (χ3v) is 4.82. The van der Waals surface area contributed by atoms with Gasteiger partial charge in [0.1, 0.15) is 0 Å². The standard InChI is InChI=1S/C9H15N2O4PS2/c1-4-13-16(17,14-5-2)15-8-6-10-9(11-7-8)18(3)12/h6-7H,4-5H2,1-3H3. The summed E-state index contributed by atoms with van der Waals surface area (Å²) in [5.41, 5.74) is 0. The van der Waals surface area contributed by atoms with Gasteiger partial charge in [0.2, 0.25) is 5.16 Å². The molecule has 0 saturated heterocycles. The van der Waals surface area contributed by atoms with Gasteiger partial charge in [-0.2, -0.15) is 0 Å². The predicted octanol–water partition coefficient (Wildman–Crippen LogP) is 1.89. The van der Waals surface area contributed by atoms with E-state index in [-0.39, 0.29) is 5.16 Å². The maximum absolute atomic E-state index is 11.1. The fraction of sp³-hybridized carbons (Fsp3) is 0.556. The van der Waals surface area contributed by atoms with Crippen LogP contribution in [0.1, 0.15) is 13.8 Å². The van der Waals surface area contributed by atoms with Crippen molar-refractivity contribution in [1.29, 1.82) is 0 Å². The molecule has 0 bridgehead atoms. The van der Waals surface area contributed by atoms with Gasteiger partial charge in [-0.1, -0.05) is 0 Å². The molecule has 0 spiro atoms. The smallest absolute Gasteiger partial charge is 0.380 e. The molecule has 1 aromatic heterocycles. The van der Waals surface area contributed by atoms with Crippen molar-refractivity contribution in [3.8, 4) is 5.75 Å². The summed E-state index contributed by atoms with van der Waals surface area (Å²) in [6, 6.07) is 0. The number of rotatable bonds is 7. The molecule has 6 nitrogen and oxygen atoms in total. The zero-order valence-electron chi connectivity index (χ0n) is 10.4. The molecular weight excluding hydrogens is 295 g/mol. The molecule has 0 aliphatic rings. The highest BCUT2D eigenvalue weighted by molar-refractivity contribution is 8.07. The molecule has 9 heteroatoms. The first-order valence-corrected chi connectivity index (χ1v) is 9.36. The van der Waals surface area contributed by atoms with Crippen LogP contribution in [-0.4, -0.2) is 33.6 Å². The van der Waals surface area contributed by atoms with Crippen molar-refractivity contribution in [2.24, 2.45) is 0 Å². The van der Waals surface area contributed by atoms with E-state index in [4.69, 9.17) is 25.4 Å². The molecule has 18 heavy (non-hydrogen) atoms. The lowest BCUT2D eigenvalue weighted by Gasteiger charge is -2.20. The summed E-state index contributed by atoms with van der Waals surface area (Å²) in [5, 5.41) is 0.239. The van der Waals surface area contributed by atoms with Crippen LogP contribution in [0.4, 0.5) is 0 Å². The van der Waals surface area contributed by atoms with Gasteiger partial charge in [-0.3, -0.25) is 13.3 Å². The van der Waals surface area contributed by atoms with Crippen molar-refractivity contribution >= 4 is 29.3 Å². The van der Waals surface area contributed by atoms with Crippen LogP contribution in [0.15, 0.2) is 17.6 Å². The lowest BCUT2D eigenvalue weighted by Crippen LogP contribution is -2.03. The minimum atomic E-state index is -2.80. The predicted molar refractivity (Wildman–Crippen MR) is 72.5 cm³/mol. The molecule has 0 N–H and O–H groups in total. The SMILES string of the molecule is CCOP(=S)(OCC)Oc1cnc(S(C)=O)nc1. The molecule has 0 fully saturated rings. The molecule has 1 heterocycles. The van der Waals surface area contributed by atoms with Crippen LogP contribution in [0.2, 0.25) is 0 Å². The Balaban J connectivity index is 2.81. The van der Waals surface area contributed by atoms with Crippen molar-refractivity contribution in [3.63, 3.8) is 0 Å². The Morgan fingerprint density at radius 3 is 2.17 bits per heavy atom. The van der Waals surface area contributed by atoms with Gasteiger partial charge in [-0.25, -0.2) is 9.97 Å².